The van der Waals surface area contributed by atoms with Crippen molar-refractivity contribution in [3.63, 3.8) is 0 Å². The van der Waals surface area contributed by atoms with Gasteiger partial charge in [-0.3, -0.25) is 0 Å². The van der Waals surface area contributed by atoms with Crippen LogP contribution in [0.3, 0.4) is 0 Å². The largest absolute Gasteiger partial charge is 0.391 e. The molecule has 0 spiro atoms. The van der Waals surface area contributed by atoms with E-state index in [1.807, 2.05) is 0 Å². The molecule has 1 saturated heterocycles. The second-order valence-corrected chi connectivity index (χ2v) is 6.64. The number of halogens is 1. The second-order valence-electron chi connectivity index (χ2n) is 5.72. The Kier molecular flexibility index (Phi) is 6.48. The third kappa shape index (κ3) is 4.68. The SMILES string of the molecule is COCCNCc1cc(Br)ccc1N1CCC(C)C(O)C1. The van der Waals surface area contributed by atoms with Crippen molar-refractivity contribution in [3.05, 3.63) is 28.2 Å². The number of rotatable bonds is 6. The molecule has 1 aromatic rings. The van der Waals surface area contributed by atoms with Crippen molar-refractivity contribution in [3.8, 4) is 0 Å². The Labute approximate surface area is 135 Å². The zero-order valence-electron chi connectivity index (χ0n) is 12.8. The molecule has 2 unspecified atom stereocenters. The highest BCUT2D eigenvalue weighted by atomic mass is 79.9. The van der Waals surface area contributed by atoms with Crippen LogP contribution in [0.5, 0.6) is 0 Å². The van der Waals surface area contributed by atoms with Crippen LogP contribution in [0.1, 0.15) is 18.9 Å². The predicted octanol–water partition coefficient (Wildman–Crippen LogP) is 2.39. The van der Waals surface area contributed by atoms with Gasteiger partial charge in [-0.05, 0) is 36.1 Å². The molecule has 0 radical (unpaired) electrons. The Morgan fingerprint density at radius 3 is 3.00 bits per heavy atom. The molecule has 1 aromatic carbocycles. The maximum absolute atomic E-state index is 10.1. The molecule has 0 aromatic heterocycles. The molecule has 0 aliphatic carbocycles. The van der Waals surface area contributed by atoms with E-state index in [1.165, 1.54) is 11.3 Å². The van der Waals surface area contributed by atoms with Gasteiger partial charge in [0.2, 0.25) is 0 Å². The van der Waals surface area contributed by atoms with Gasteiger partial charge in [-0.15, -0.1) is 0 Å². The average Bonchev–Trinajstić information content (AvgIpc) is 2.47. The van der Waals surface area contributed by atoms with E-state index in [1.54, 1.807) is 7.11 Å². The number of nitrogens with zero attached hydrogens (tertiary/aromatic N) is 1. The van der Waals surface area contributed by atoms with E-state index < -0.39 is 0 Å². The number of β-amino-alcohol motifs (C(OH)–C–C–N with tert-alkyl or cyclic N) is 1. The van der Waals surface area contributed by atoms with Gasteiger partial charge in [0.25, 0.3) is 0 Å². The van der Waals surface area contributed by atoms with Gasteiger partial charge in [0.05, 0.1) is 12.7 Å². The summed E-state index contributed by atoms with van der Waals surface area (Å²) in [7, 11) is 1.71. The van der Waals surface area contributed by atoms with E-state index in [9.17, 15) is 5.11 Å². The van der Waals surface area contributed by atoms with Crippen LogP contribution < -0.4 is 10.2 Å². The molecule has 118 valence electrons. The molecule has 1 heterocycles. The fourth-order valence-electron chi connectivity index (χ4n) is 2.67. The fourth-order valence-corrected chi connectivity index (χ4v) is 3.08. The highest BCUT2D eigenvalue weighted by Crippen LogP contribution is 2.28. The molecular weight excluding hydrogens is 332 g/mol. The van der Waals surface area contributed by atoms with Crippen LogP contribution >= 0.6 is 15.9 Å². The minimum atomic E-state index is -0.239. The molecule has 0 amide bonds. The van der Waals surface area contributed by atoms with Gasteiger partial charge in [0.15, 0.2) is 0 Å². The zero-order chi connectivity index (χ0) is 15.2. The Bertz CT molecular complexity index is 456. The van der Waals surface area contributed by atoms with E-state index >= 15 is 0 Å². The number of anilines is 1. The molecule has 21 heavy (non-hydrogen) atoms. The molecular formula is C16H25BrN2O2. The van der Waals surface area contributed by atoms with Crippen LogP contribution in [-0.2, 0) is 11.3 Å². The van der Waals surface area contributed by atoms with Crippen molar-refractivity contribution in [2.45, 2.75) is 26.0 Å². The number of aliphatic hydroxyl groups is 1. The van der Waals surface area contributed by atoms with Gasteiger partial charge in [-0.1, -0.05) is 22.9 Å². The lowest BCUT2D eigenvalue weighted by atomic mass is 9.95. The fraction of sp³-hybridized carbons (Fsp3) is 0.625. The summed E-state index contributed by atoms with van der Waals surface area (Å²) in [5.74, 6) is 0.389. The highest BCUT2D eigenvalue weighted by molar-refractivity contribution is 9.10. The number of hydrogen-bond acceptors (Lipinski definition) is 4. The summed E-state index contributed by atoms with van der Waals surface area (Å²) < 4.78 is 6.14. The number of aliphatic hydroxyl groups excluding tert-OH is 1. The van der Waals surface area contributed by atoms with Crippen molar-refractivity contribution in [2.75, 3.05) is 38.3 Å². The van der Waals surface area contributed by atoms with Gasteiger partial charge in [-0.2, -0.15) is 0 Å². The predicted molar refractivity (Wildman–Crippen MR) is 89.7 cm³/mol. The minimum absolute atomic E-state index is 0.239. The van der Waals surface area contributed by atoms with E-state index in [2.05, 4.69) is 51.3 Å². The van der Waals surface area contributed by atoms with Crippen molar-refractivity contribution >= 4 is 21.6 Å². The van der Waals surface area contributed by atoms with E-state index in [-0.39, 0.29) is 6.10 Å². The maximum Gasteiger partial charge on any atom is 0.0741 e. The van der Waals surface area contributed by atoms with Crippen LogP contribution in [0, 0.1) is 5.92 Å². The Morgan fingerprint density at radius 1 is 1.48 bits per heavy atom. The molecule has 0 saturated carbocycles. The van der Waals surface area contributed by atoms with Crippen molar-refractivity contribution in [1.29, 1.82) is 0 Å². The number of hydrogen-bond donors (Lipinski definition) is 2. The van der Waals surface area contributed by atoms with Crippen LogP contribution in [0.25, 0.3) is 0 Å². The van der Waals surface area contributed by atoms with Crippen molar-refractivity contribution in [1.82, 2.24) is 5.32 Å². The normalized spacial score (nSPS) is 22.6. The minimum Gasteiger partial charge on any atom is -0.391 e. The lowest BCUT2D eigenvalue weighted by molar-refractivity contribution is 0.103. The van der Waals surface area contributed by atoms with E-state index in [4.69, 9.17) is 4.74 Å². The Hall–Kier alpha value is -0.620. The summed E-state index contributed by atoms with van der Waals surface area (Å²) in [5.41, 5.74) is 2.47. The second kappa shape index (κ2) is 8.13. The van der Waals surface area contributed by atoms with Gasteiger partial charge in [-0.25, -0.2) is 0 Å². The average molecular weight is 357 g/mol. The summed E-state index contributed by atoms with van der Waals surface area (Å²) in [6.45, 7) is 6.20. The Balaban J connectivity index is 2.07. The van der Waals surface area contributed by atoms with Crippen LogP contribution in [-0.4, -0.2) is 44.6 Å². The lowest BCUT2D eigenvalue weighted by Gasteiger charge is -2.37. The molecule has 2 N–H and O–H groups in total. The summed E-state index contributed by atoms with van der Waals surface area (Å²) in [4.78, 5) is 2.30. The quantitative estimate of drug-likeness (QED) is 0.768. The summed E-state index contributed by atoms with van der Waals surface area (Å²) in [5, 5.41) is 13.5. The number of piperidine rings is 1. The molecule has 0 bridgehead atoms. The first-order valence-electron chi connectivity index (χ1n) is 7.53. The first-order valence-corrected chi connectivity index (χ1v) is 8.32. The number of nitrogens with one attached hydrogen (secondary N) is 1. The topological polar surface area (TPSA) is 44.7 Å². The Morgan fingerprint density at radius 2 is 2.29 bits per heavy atom. The number of ether oxygens (including phenoxy) is 1. The molecule has 1 fully saturated rings. The maximum atomic E-state index is 10.1. The highest BCUT2D eigenvalue weighted by Gasteiger charge is 2.25. The van der Waals surface area contributed by atoms with Crippen LogP contribution in [0.4, 0.5) is 5.69 Å². The lowest BCUT2D eigenvalue weighted by Crippen LogP contribution is -2.43. The molecule has 2 rings (SSSR count). The van der Waals surface area contributed by atoms with Gasteiger partial charge in [0, 0.05) is 43.4 Å². The van der Waals surface area contributed by atoms with Crippen molar-refractivity contribution in [2.24, 2.45) is 5.92 Å². The summed E-state index contributed by atoms with van der Waals surface area (Å²) in [6.07, 6.45) is 0.796. The molecule has 5 heteroatoms. The van der Waals surface area contributed by atoms with Gasteiger partial charge < -0.3 is 20.1 Å². The zero-order valence-corrected chi connectivity index (χ0v) is 14.4. The molecule has 1 aliphatic rings. The first-order chi connectivity index (χ1) is 10.1. The van der Waals surface area contributed by atoms with E-state index in [0.717, 1.165) is 30.5 Å². The standard InChI is InChI=1S/C16H25BrN2O2/c1-12-5-7-19(11-16(12)20)15-4-3-14(17)9-13(15)10-18-6-8-21-2/h3-4,9,12,16,18,20H,5-8,10-11H2,1-2H3. The summed E-state index contributed by atoms with van der Waals surface area (Å²) >= 11 is 3.54. The van der Waals surface area contributed by atoms with Crippen LogP contribution in [0.2, 0.25) is 0 Å². The number of benzene rings is 1. The smallest absolute Gasteiger partial charge is 0.0741 e. The van der Waals surface area contributed by atoms with E-state index in [0.29, 0.717) is 19.1 Å². The van der Waals surface area contributed by atoms with Crippen LogP contribution in [0.15, 0.2) is 22.7 Å². The molecule has 2 atom stereocenters. The monoisotopic (exact) mass is 356 g/mol. The van der Waals surface area contributed by atoms with Gasteiger partial charge >= 0.3 is 0 Å². The van der Waals surface area contributed by atoms with Crippen molar-refractivity contribution < 1.29 is 9.84 Å². The molecule has 1 aliphatic heterocycles. The van der Waals surface area contributed by atoms with Gasteiger partial charge in [0.1, 0.15) is 0 Å². The third-order valence-corrected chi connectivity index (χ3v) is 4.59. The third-order valence-electron chi connectivity index (χ3n) is 4.10. The number of methoxy groups -OCH3 is 1. The molecule has 4 nitrogen and oxygen atoms in total. The first kappa shape index (κ1) is 16.7. The summed E-state index contributed by atoms with van der Waals surface area (Å²) in [6, 6.07) is 6.36.